The fourth-order valence-electron chi connectivity index (χ4n) is 3.05. The van der Waals surface area contributed by atoms with Crippen LogP contribution >= 0.6 is 0 Å². The molecule has 0 saturated heterocycles. The zero-order valence-corrected chi connectivity index (χ0v) is 11.3. The fraction of sp³-hybridized carbons (Fsp3) is 0.235. The molecule has 0 aliphatic carbocycles. The number of hydrogen-bond donors (Lipinski definition) is 1. The molecule has 0 saturated carbocycles. The van der Waals surface area contributed by atoms with Crippen LogP contribution in [0, 0.1) is 0 Å². The molecule has 2 N–H and O–H groups in total. The molecule has 1 aliphatic heterocycles. The third-order valence-corrected chi connectivity index (χ3v) is 4.09. The maximum Gasteiger partial charge on any atom is 0.109 e. The van der Waals surface area contributed by atoms with Crippen LogP contribution in [0.3, 0.4) is 0 Å². The Labute approximate surface area is 118 Å². The van der Waals surface area contributed by atoms with Gasteiger partial charge in [0.05, 0.1) is 5.69 Å². The van der Waals surface area contributed by atoms with Crippen LogP contribution in [0.25, 0.3) is 22.0 Å². The van der Waals surface area contributed by atoms with E-state index in [2.05, 4.69) is 53.2 Å². The predicted octanol–water partition coefficient (Wildman–Crippen LogP) is 2.98. The highest BCUT2D eigenvalue weighted by Crippen LogP contribution is 2.29. The summed E-state index contributed by atoms with van der Waals surface area (Å²) in [5.74, 6) is 1.16. The quantitative estimate of drug-likeness (QED) is 0.733. The molecule has 3 heteroatoms. The van der Waals surface area contributed by atoms with Gasteiger partial charge < -0.3 is 10.3 Å². The topological polar surface area (TPSA) is 43.8 Å². The number of rotatable bonds is 1. The van der Waals surface area contributed by atoms with Gasteiger partial charge in [0.15, 0.2) is 0 Å². The van der Waals surface area contributed by atoms with Crippen LogP contribution in [-0.2, 0) is 13.0 Å². The minimum Gasteiger partial charge on any atom is -0.333 e. The van der Waals surface area contributed by atoms with E-state index in [4.69, 9.17) is 10.7 Å². The molecule has 3 aromatic rings. The lowest BCUT2D eigenvalue weighted by molar-refractivity contribution is 0.453. The highest BCUT2D eigenvalue weighted by atomic mass is 15.1. The van der Waals surface area contributed by atoms with E-state index in [1.165, 1.54) is 16.3 Å². The van der Waals surface area contributed by atoms with Crippen LogP contribution in [0.1, 0.15) is 12.2 Å². The lowest BCUT2D eigenvalue weighted by Gasteiger charge is -2.19. The summed E-state index contributed by atoms with van der Waals surface area (Å²) in [6, 6.07) is 15.1. The largest absolute Gasteiger partial charge is 0.333 e. The predicted molar refractivity (Wildman–Crippen MR) is 81.5 cm³/mol. The number of imidazole rings is 1. The van der Waals surface area contributed by atoms with Crippen molar-refractivity contribution in [3.05, 3.63) is 54.5 Å². The van der Waals surface area contributed by atoms with Crippen molar-refractivity contribution in [2.24, 2.45) is 5.73 Å². The normalized spacial score (nSPS) is 18.1. The minimum atomic E-state index is 0.261. The van der Waals surface area contributed by atoms with Gasteiger partial charge in [-0.15, -0.1) is 0 Å². The van der Waals surface area contributed by atoms with Crippen molar-refractivity contribution in [1.29, 1.82) is 0 Å². The van der Waals surface area contributed by atoms with E-state index >= 15 is 0 Å². The Bertz CT molecular complexity index is 768. The van der Waals surface area contributed by atoms with Gasteiger partial charge in [-0.05, 0) is 17.2 Å². The lowest BCUT2D eigenvalue weighted by Crippen LogP contribution is -2.31. The van der Waals surface area contributed by atoms with Crippen LogP contribution < -0.4 is 5.73 Å². The van der Waals surface area contributed by atoms with Crippen LogP contribution in [-0.4, -0.2) is 15.6 Å². The smallest absolute Gasteiger partial charge is 0.109 e. The zero-order valence-electron chi connectivity index (χ0n) is 11.3. The Kier molecular flexibility index (Phi) is 2.60. The summed E-state index contributed by atoms with van der Waals surface area (Å²) in [5, 5.41) is 2.52. The molecule has 1 aliphatic rings. The first-order chi connectivity index (χ1) is 9.81. The van der Waals surface area contributed by atoms with Crippen LogP contribution in [0.2, 0.25) is 0 Å². The second-order valence-electron chi connectivity index (χ2n) is 5.52. The molecule has 20 heavy (non-hydrogen) atoms. The number of fused-ring (bicyclic) bond motifs is 2. The number of aromatic nitrogens is 2. The van der Waals surface area contributed by atoms with Crippen molar-refractivity contribution < 1.29 is 0 Å². The number of nitrogens with zero attached hydrogens (tertiary/aromatic N) is 2. The second-order valence-corrected chi connectivity index (χ2v) is 5.52. The first kappa shape index (κ1) is 11.7. The van der Waals surface area contributed by atoms with Gasteiger partial charge in [-0.25, -0.2) is 4.98 Å². The Morgan fingerprint density at radius 1 is 1.10 bits per heavy atom. The van der Waals surface area contributed by atoms with Gasteiger partial charge in [-0.2, -0.15) is 0 Å². The van der Waals surface area contributed by atoms with Crippen LogP contribution in [0.4, 0.5) is 0 Å². The summed E-state index contributed by atoms with van der Waals surface area (Å²) in [6.45, 7) is 0.882. The molecule has 4 rings (SSSR count). The zero-order chi connectivity index (χ0) is 13.5. The van der Waals surface area contributed by atoms with Crippen LogP contribution in [0.5, 0.6) is 0 Å². The molecule has 0 spiro atoms. The molecule has 2 aromatic carbocycles. The van der Waals surface area contributed by atoms with Crippen molar-refractivity contribution in [2.75, 3.05) is 0 Å². The third kappa shape index (κ3) is 1.82. The molecule has 0 bridgehead atoms. The Morgan fingerprint density at radius 2 is 1.95 bits per heavy atom. The van der Waals surface area contributed by atoms with Gasteiger partial charge in [0.1, 0.15) is 5.82 Å². The third-order valence-electron chi connectivity index (χ3n) is 4.09. The molecule has 100 valence electrons. The van der Waals surface area contributed by atoms with Gasteiger partial charge in [0, 0.05) is 30.8 Å². The van der Waals surface area contributed by atoms with Crippen molar-refractivity contribution in [3.8, 4) is 11.3 Å². The van der Waals surface area contributed by atoms with Gasteiger partial charge in [0.2, 0.25) is 0 Å². The van der Waals surface area contributed by atoms with E-state index in [-0.39, 0.29) is 6.04 Å². The first-order valence-electron chi connectivity index (χ1n) is 7.11. The standard InChI is InChI=1S/C17H17N3/c18-13-8-9-17-19-16(11-20(17)10-13)15-7-3-5-12-4-1-2-6-14(12)15/h1-7,11,13H,8-10,18H2. The molecular weight excluding hydrogens is 246 g/mol. The molecule has 1 aromatic heterocycles. The maximum atomic E-state index is 6.04. The van der Waals surface area contributed by atoms with Crippen molar-refractivity contribution in [3.63, 3.8) is 0 Å². The fourth-order valence-corrected chi connectivity index (χ4v) is 3.05. The van der Waals surface area contributed by atoms with Gasteiger partial charge >= 0.3 is 0 Å². The number of hydrogen-bond acceptors (Lipinski definition) is 2. The van der Waals surface area contributed by atoms with E-state index < -0.39 is 0 Å². The van der Waals surface area contributed by atoms with E-state index in [1.807, 2.05) is 0 Å². The van der Waals surface area contributed by atoms with E-state index in [0.717, 1.165) is 30.9 Å². The first-order valence-corrected chi connectivity index (χ1v) is 7.11. The van der Waals surface area contributed by atoms with E-state index in [1.54, 1.807) is 0 Å². The average molecular weight is 263 g/mol. The summed E-state index contributed by atoms with van der Waals surface area (Å²) in [4.78, 5) is 4.81. The van der Waals surface area contributed by atoms with Crippen molar-refractivity contribution in [1.82, 2.24) is 9.55 Å². The van der Waals surface area contributed by atoms with E-state index in [9.17, 15) is 0 Å². The summed E-state index contributed by atoms with van der Waals surface area (Å²) in [7, 11) is 0. The van der Waals surface area contributed by atoms with Gasteiger partial charge in [-0.1, -0.05) is 42.5 Å². The maximum absolute atomic E-state index is 6.04. The SMILES string of the molecule is NC1CCc2nc(-c3cccc4ccccc34)cn2C1. The molecule has 1 atom stereocenters. The Morgan fingerprint density at radius 3 is 2.90 bits per heavy atom. The van der Waals surface area contributed by atoms with Crippen LogP contribution in [0.15, 0.2) is 48.7 Å². The average Bonchev–Trinajstić information content (AvgIpc) is 2.89. The summed E-state index contributed by atoms with van der Waals surface area (Å²) in [6.07, 6.45) is 4.16. The molecule has 0 amide bonds. The molecule has 0 fully saturated rings. The second kappa shape index (κ2) is 4.46. The molecule has 1 unspecified atom stereocenters. The summed E-state index contributed by atoms with van der Waals surface area (Å²) < 4.78 is 2.21. The highest BCUT2D eigenvalue weighted by Gasteiger charge is 2.18. The monoisotopic (exact) mass is 263 g/mol. The lowest BCUT2D eigenvalue weighted by atomic mass is 10.0. The summed E-state index contributed by atoms with van der Waals surface area (Å²) >= 11 is 0. The van der Waals surface area contributed by atoms with Gasteiger partial charge in [-0.3, -0.25) is 0 Å². The van der Waals surface area contributed by atoms with Crippen molar-refractivity contribution >= 4 is 10.8 Å². The number of benzene rings is 2. The van der Waals surface area contributed by atoms with Crippen molar-refractivity contribution in [2.45, 2.75) is 25.4 Å². The Balaban J connectivity index is 1.88. The Hall–Kier alpha value is -2.13. The van der Waals surface area contributed by atoms with Gasteiger partial charge in [0.25, 0.3) is 0 Å². The molecule has 0 radical (unpaired) electrons. The minimum absolute atomic E-state index is 0.261. The van der Waals surface area contributed by atoms with E-state index in [0.29, 0.717) is 0 Å². The number of aryl methyl sites for hydroxylation is 1. The molecule has 3 nitrogen and oxygen atoms in total. The molecular formula is C17H17N3. The summed E-state index contributed by atoms with van der Waals surface area (Å²) in [5.41, 5.74) is 8.31. The number of nitrogens with two attached hydrogens (primary N) is 1. The highest BCUT2D eigenvalue weighted by molar-refractivity contribution is 5.95. The molecule has 2 heterocycles.